The molecule has 1 aliphatic rings. The third kappa shape index (κ3) is 4.81. The third-order valence-electron chi connectivity index (χ3n) is 4.60. The van der Waals surface area contributed by atoms with Crippen LogP contribution in [0.1, 0.15) is 38.3 Å². The lowest BCUT2D eigenvalue weighted by atomic mass is 10.0. The highest BCUT2D eigenvalue weighted by Gasteiger charge is 2.40. The van der Waals surface area contributed by atoms with Crippen molar-refractivity contribution in [3.63, 3.8) is 0 Å². The van der Waals surface area contributed by atoms with Crippen LogP contribution in [0.4, 0.5) is 0 Å². The van der Waals surface area contributed by atoms with Crippen LogP contribution in [0.15, 0.2) is 23.2 Å². The van der Waals surface area contributed by atoms with Gasteiger partial charge in [-0.05, 0) is 44.4 Å². The van der Waals surface area contributed by atoms with Crippen LogP contribution < -0.4 is 5.32 Å². The van der Waals surface area contributed by atoms with Crippen molar-refractivity contribution in [2.24, 2.45) is 5.92 Å². The van der Waals surface area contributed by atoms with Crippen LogP contribution >= 0.6 is 0 Å². The Bertz CT molecular complexity index is 723. The molecule has 1 radical (unpaired) electrons. The van der Waals surface area contributed by atoms with Gasteiger partial charge >= 0.3 is 0 Å². The van der Waals surface area contributed by atoms with Crippen LogP contribution in [0.25, 0.3) is 0 Å². The first-order valence-corrected chi connectivity index (χ1v) is 10.4. The molecule has 2 heterocycles. The molecular formula is C18H28N3O4S. The normalized spacial score (nSPS) is 22.5. The number of aromatic nitrogens is 1. The minimum absolute atomic E-state index is 0.0493. The molecule has 8 heteroatoms. The molecule has 2 N–H and O–H groups in total. The predicted molar refractivity (Wildman–Crippen MR) is 98.7 cm³/mol. The molecule has 0 saturated carbocycles. The molecule has 1 fully saturated rings. The summed E-state index contributed by atoms with van der Waals surface area (Å²) in [5.41, 5.74) is 0.549. The predicted octanol–water partition coefficient (Wildman–Crippen LogP) is 1.27. The van der Waals surface area contributed by atoms with E-state index in [1.165, 1.54) is 6.07 Å². The van der Waals surface area contributed by atoms with E-state index in [2.05, 4.69) is 17.2 Å². The molecule has 2 unspecified atom stereocenters. The molecule has 0 aliphatic carbocycles. The van der Waals surface area contributed by atoms with E-state index in [1.54, 1.807) is 19.1 Å². The highest BCUT2D eigenvalue weighted by Crippen LogP contribution is 2.25. The molecule has 2 rings (SSSR count). The van der Waals surface area contributed by atoms with Gasteiger partial charge in [0.2, 0.25) is 5.91 Å². The number of aliphatic hydroxyl groups excluding tert-OH is 1. The molecule has 0 bridgehead atoms. The lowest BCUT2D eigenvalue weighted by molar-refractivity contribution is -0.130. The molecule has 1 amide bonds. The maximum Gasteiger partial charge on any atom is 0.284 e. The van der Waals surface area contributed by atoms with Crippen LogP contribution in [0.3, 0.4) is 0 Å². The summed E-state index contributed by atoms with van der Waals surface area (Å²) in [6.07, 6.45) is 0.704. The number of amides is 1. The van der Waals surface area contributed by atoms with Gasteiger partial charge in [-0.2, -0.15) is 8.42 Å². The molecule has 3 atom stereocenters. The molecule has 1 saturated heterocycles. The number of nitrogens with one attached hydrogen (secondary N) is 1. The van der Waals surface area contributed by atoms with Gasteiger partial charge in [-0.25, -0.2) is 9.29 Å². The van der Waals surface area contributed by atoms with E-state index in [0.717, 1.165) is 4.31 Å². The van der Waals surface area contributed by atoms with E-state index in [9.17, 15) is 18.3 Å². The highest BCUT2D eigenvalue weighted by molar-refractivity contribution is 7.89. The fourth-order valence-electron chi connectivity index (χ4n) is 3.04. The number of hydrogen-bond acceptors (Lipinski definition) is 6. The van der Waals surface area contributed by atoms with Gasteiger partial charge in [0.25, 0.3) is 10.0 Å². The molecule has 145 valence electrons. The highest BCUT2D eigenvalue weighted by atomic mass is 32.2. The van der Waals surface area contributed by atoms with Crippen molar-refractivity contribution in [1.29, 1.82) is 0 Å². The van der Waals surface area contributed by atoms with Crippen molar-refractivity contribution in [3.8, 4) is 0 Å². The molecule has 7 nitrogen and oxygen atoms in total. The van der Waals surface area contributed by atoms with Gasteiger partial charge in [-0.3, -0.25) is 4.79 Å². The summed E-state index contributed by atoms with van der Waals surface area (Å²) < 4.78 is 27.4. The average molecular weight is 383 g/mol. The van der Waals surface area contributed by atoms with Crippen molar-refractivity contribution in [2.75, 3.05) is 13.1 Å². The van der Waals surface area contributed by atoms with E-state index in [1.807, 2.05) is 6.92 Å². The average Bonchev–Trinajstić information content (AvgIpc) is 2.79. The number of β-amino-alcohol motifs (C(OH)–C–C–N with tert-alkyl or cyclic N) is 1. The van der Waals surface area contributed by atoms with Gasteiger partial charge in [0.05, 0.1) is 12.1 Å². The molecule has 0 aromatic carbocycles. The minimum atomic E-state index is -4.16. The Labute approximate surface area is 155 Å². The quantitative estimate of drug-likeness (QED) is 0.769. The first-order chi connectivity index (χ1) is 12.3. The Balaban J connectivity index is 2.46. The second kappa shape index (κ2) is 8.92. The number of pyridine rings is 1. The number of sulfonamides is 1. The lowest BCUT2D eigenvalue weighted by Gasteiger charge is -2.33. The Morgan fingerprint density at radius 3 is 2.88 bits per heavy atom. The zero-order valence-electron chi connectivity index (χ0n) is 15.4. The topological polar surface area (TPSA) is 99.6 Å². The Morgan fingerprint density at radius 1 is 1.50 bits per heavy atom. The molecule has 0 spiro atoms. The Morgan fingerprint density at radius 2 is 2.23 bits per heavy atom. The van der Waals surface area contributed by atoms with Gasteiger partial charge in [-0.15, -0.1) is 0 Å². The minimum Gasteiger partial charge on any atom is -0.390 e. The van der Waals surface area contributed by atoms with Gasteiger partial charge in [0, 0.05) is 18.7 Å². The van der Waals surface area contributed by atoms with Crippen molar-refractivity contribution >= 4 is 15.9 Å². The summed E-state index contributed by atoms with van der Waals surface area (Å²) in [5.74, 6) is -0.567. The van der Waals surface area contributed by atoms with Gasteiger partial charge in [0.1, 0.15) is 0 Å². The lowest BCUT2D eigenvalue weighted by Crippen LogP contribution is -2.52. The molecule has 26 heavy (non-hydrogen) atoms. The van der Waals surface area contributed by atoms with Crippen molar-refractivity contribution < 1.29 is 18.3 Å². The van der Waals surface area contributed by atoms with Crippen LogP contribution in [0.5, 0.6) is 0 Å². The van der Waals surface area contributed by atoms with Gasteiger partial charge < -0.3 is 10.4 Å². The molecule has 1 aliphatic heterocycles. The zero-order valence-corrected chi connectivity index (χ0v) is 16.2. The fourth-order valence-corrected chi connectivity index (χ4v) is 4.69. The summed E-state index contributed by atoms with van der Waals surface area (Å²) in [7, 11) is -4.16. The molecular weight excluding hydrogens is 354 g/mol. The van der Waals surface area contributed by atoms with Crippen LogP contribution in [-0.2, 0) is 14.8 Å². The number of rotatable bonds is 6. The fraction of sp³-hybridized carbons (Fsp3) is 0.611. The number of carbonyl (C=O) groups excluding carboxylic acids is 1. The van der Waals surface area contributed by atoms with E-state index >= 15 is 0 Å². The standard InChI is InChI=1S/C18H28N3O4S/c1-4-13(2)11-18(23)21(15-8-6-10-19-12-16(15)22)26(24,25)17-9-5-7-14(3)20-17/h5,7,9,13,15-16,19,22H,1,4,6,8,10-12H2,2-3H3/t13-,15?,16?/m0/s1. The summed E-state index contributed by atoms with van der Waals surface area (Å²) in [4.78, 5) is 17.0. The van der Waals surface area contributed by atoms with Gasteiger partial charge in [-0.1, -0.05) is 26.3 Å². The molecule has 1 aromatic heterocycles. The van der Waals surface area contributed by atoms with E-state index < -0.39 is 28.1 Å². The van der Waals surface area contributed by atoms with Crippen LogP contribution in [0, 0.1) is 19.8 Å². The number of nitrogens with zero attached hydrogens (tertiary/aromatic N) is 2. The summed E-state index contributed by atoms with van der Waals surface area (Å²) >= 11 is 0. The monoisotopic (exact) mass is 382 g/mol. The summed E-state index contributed by atoms with van der Waals surface area (Å²) in [6.45, 7) is 8.25. The van der Waals surface area contributed by atoms with Gasteiger partial charge in [0.15, 0.2) is 5.03 Å². The Kier molecular flexibility index (Phi) is 7.14. The van der Waals surface area contributed by atoms with Crippen molar-refractivity contribution in [3.05, 3.63) is 30.8 Å². The zero-order chi connectivity index (χ0) is 19.3. The van der Waals surface area contributed by atoms with Crippen LogP contribution in [0.2, 0.25) is 0 Å². The molecule has 1 aromatic rings. The SMILES string of the molecule is [CH2]C[C@H](C)CC(=O)N(C1CCCNCC1O)S(=O)(=O)c1cccc(C)n1. The first kappa shape index (κ1) is 20.8. The second-order valence-electron chi connectivity index (χ2n) is 6.89. The second-order valence-corrected chi connectivity index (χ2v) is 8.65. The maximum atomic E-state index is 13.2. The number of hydrogen-bond donors (Lipinski definition) is 2. The van der Waals surface area contributed by atoms with E-state index in [4.69, 9.17) is 0 Å². The largest absolute Gasteiger partial charge is 0.390 e. The maximum absolute atomic E-state index is 13.2. The first-order valence-electron chi connectivity index (χ1n) is 8.96. The number of aliphatic hydroxyl groups is 1. The Hall–Kier alpha value is -1.51. The van der Waals surface area contributed by atoms with Crippen LogP contribution in [-0.4, -0.2) is 54.0 Å². The summed E-state index contributed by atoms with van der Waals surface area (Å²) in [6, 6.07) is 3.87. The number of aryl methyl sites for hydroxylation is 1. The van der Waals surface area contributed by atoms with E-state index in [-0.39, 0.29) is 23.9 Å². The smallest absolute Gasteiger partial charge is 0.284 e. The third-order valence-corrected chi connectivity index (χ3v) is 6.35. The van der Waals surface area contributed by atoms with E-state index in [0.29, 0.717) is 31.5 Å². The summed E-state index contributed by atoms with van der Waals surface area (Å²) in [5, 5.41) is 13.4. The van der Waals surface area contributed by atoms with Crippen molar-refractivity contribution in [1.82, 2.24) is 14.6 Å². The number of carbonyl (C=O) groups is 1. The van der Waals surface area contributed by atoms with Crippen molar-refractivity contribution in [2.45, 2.75) is 56.7 Å².